The molecule has 0 atom stereocenters. The van der Waals surface area contributed by atoms with E-state index in [2.05, 4.69) is 19.1 Å². The molecule has 0 spiro atoms. The number of carbonyl (C=O) groups is 1. The molecule has 0 saturated heterocycles. The molecular weight excluding hydrogens is 434 g/mol. The minimum Gasteiger partial charge on any atom is -0.394 e. The first-order chi connectivity index (χ1) is 14.7. The molecule has 1 aromatic carbocycles. The molecule has 0 radical (unpaired) electrons. The number of likely N-dealkylation sites (N-methyl/N-ethyl adjacent to an activating group) is 1. The Hall–Kier alpha value is -1.20. The molecule has 0 bridgehead atoms. The molecule has 0 fully saturated rings. The van der Waals surface area contributed by atoms with Crippen LogP contribution in [0.15, 0.2) is 42.0 Å². The fourth-order valence-electron chi connectivity index (χ4n) is 2.35. The summed E-state index contributed by atoms with van der Waals surface area (Å²) in [6.07, 6.45) is 13.5. The van der Waals surface area contributed by atoms with Gasteiger partial charge in [0.15, 0.2) is 0 Å². The minimum absolute atomic E-state index is 0. The maximum atomic E-state index is 12.3. The van der Waals surface area contributed by atoms with Crippen LogP contribution in [0, 0.1) is 12.2 Å². The summed E-state index contributed by atoms with van der Waals surface area (Å²) < 4.78 is 0. The number of aliphatic hydroxyl groups excluding tert-OH is 2. The number of benzene rings is 1. The van der Waals surface area contributed by atoms with Gasteiger partial charge in [-0.2, -0.15) is 5.56 Å². The molecule has 0 unspecified atom stereocenters. The molecule has 0 heterocycles. The molecule has 2 N–H and O–H groups in total. The maximum absolute atomic E-state index is 12.3. The van der Waals surface area contributed by atoms with Crippen molar-refractivity contribution in [2.24, 2.45) is 0 Å². The monoisotopic (exact) mass is 479 g/mol. The van der Waals surface area contributed by atoms with E-state index in [1.54, 1.807) is 32.6 Å². The van der Waals surface area contributed by atoms with E-state index in [-0.39, 0.29) is 39.8 Å². The number of nitrogens with zero attached hydrogens (tertiary/aromatic N) is 1. The van der Waals surface area contributed by atoms with E-state index in [1.165, 1.54) is 19.3 Å². The summed E-state index contributed by atoms with van der Waals surface area (Å²) in [5.41, 5.74) is 1.97. The van der Waals surface area contributed by atoms with Gasteiger partial charge in [-0.15, -0.1) is 24.3 Å². The van der Waals surface area contributed by atoms with Crippen molar-refractivity contribution < 1.29 is 36.7 Å². The van der Waals surface area contributed by atoms with E-state index in [9.17, 15) is 4.79 Å². The van der Waals surface area contributed by atoms with E-state index in [0.29, 0.717) is 0 Å². The van der Waals surface area contributed by atoms with Gasteiger partial charge in [0.05, 0.1) is 0 Å². The molecule has 0 aliphatic carbocycles. The van der Waals surface area contributed by atoms with Gasteiger partial charge in [0.2, 0.25) is 0 Å². The van der Waals surface area contributed by atoms with Crippen molar-refractivity contribution in [2.45, 2.75) is 92.8 Å². The second kappa shape index (κ2) is 24.4. The Morgan fingerprint density at radius 1 is 0.938 bits per heavy atom. The topological polar surface area (TPSA) is 60.8 Å². The van der Waals surface area contributed by atoms with Crippen molar-refractivity contribution >= 4 is 5.91 Å². The van der Waals surface area contributed by atoms with E-state index in [0.717, 1.165) is 37.1 Å². The van der Waals surface area contributed by atoms with Gasteiger partial charge >= 0.3 is 21.7 Å². The third-order valence-electron chi connectivity index (χ3n) is 3.80. The van der Waals surface area contributed by atoms with Crippen LogP contribution in [0.2, 0.25) is 0 Å². The van der Waals surface area contributed by atoms with Gasteiger partial charge in [0.1, 0.15) is 5.91 Å². The maximum Gasteiger partial charge on any atom is 2.00 e. The third-order valence-corrected chi connectivity index (χ3v) is 3.80. The van der Waals surface area contributed by atoms with Crippen LogP contribution in [-0.2, 0) is 26.5 Å². The predicted octanol–water partition coefficient (Wildman–Crippen LogP) is 5.73. The molecule has 0 aromatic heterocycles. The average molecular weight is 480 g/mol. The van der Waals surface area contributed by atoms with Crippen LogP contribution < -0.4 is 0 Å². The molecule has 180 valence electrons. The van der Waals surface area contributed by atoms with Crippen LogP contribution in [0.3, 0.4) is 0 Å². The average Bonchev–Trinajstić information content (AvgIpc) is 2.70. The Morgan fingerprint density at radius 3 is 1.88 bits per heavy atom. The molecule has 0 aliphatic rings. The molecule has 4 nitrogen and oxygen atoms in total. The predicted molar refractivity (Wildman–Crippen MR) is 132 cm³/mol. The Bertz CT molecular complexity index is 583. The second-order valence-corrected chi connectivity index (χ2v) is 7.78. The van der Waals surface area contributed by atoms with Gasteiger partial charge in [-0.1, -0.05) is 45.1 Å². The van der Waals surface area contributed by atoms with Gasteiger partial charge in [-0.05, 0) is 41.5 Å². The standard InChI is InChI=1S/C21H29NO.2C3H8O.Ti/c1-4-7-8-10-15-20(18-21(23)22(5-2)6-3)17-16-19-13-11-9-12-14-19;2*1-3(2)4;/h9,11-14,17H,4-8,10,15H2,1-3H3;2*3-4H,1-2H3;/q-2;;;+2. The Morgan fingerprint density at radius 2 is 1.44 bits per heavy atom. The van der Waals surface area contributed by atoms with Crippen molar-refractivity contribution in [3.05, 3.63) is 59.7 Å². The summed E-state index contributed by atoms with van der Waals surface area (Å²) >= 11 is 0. The quantitative estimate of drug-likeness (QED) is 0.148. The summed E-state index contributed by atoms with van der Waals surface area (Å²) in [6, 6.07) is 9.99. The Balaban J connectivity index is -0.000000803. The fourth-order valence-corrected chi connectivity index (χ4v) is 2.35. The number of rotatable bonds is 10. The number of carbonyl (C=O) groups excluding carboxylic acids is 1. The summed E-state index contributed by atoms with van der Waals surface area (Å²) in [7, 11) is 0. The van der Waals surface area contributed by atoms with Crippen molar-refractivity contribution in [2.75, 3.05) is 13.1 Å². The van der Waals surface area contributed by atoms with Crippen LogP contribution in [0.5, 0.6) is 0 Å². The van der Waals surface area contributed by atoms with Gasteiger partial charge < -0.3 is 15.1 Å². The Labute approximate surface area is 212 Å². The fraction of sp³-hybridized carbons (Fsp3) is 0.593. The summed E-state index contributed by atoms with van der Waals surface area (Å²) in [4.78, 5) is 14.1. The largest absolute Gasteiger partial charge is 2.00 e. The number of amides is 1. The van der Waals surface area contributed by atoms with Crippen LogP contribution in [0.1, 0.15) is 86.1 Å². The Kier molecular flexibility index (Phi) is 27.0. The van der Waals surface area contributed by atoms with E-state index >= 15 is 0 Å². The SMILES string of the molecule is CC(C)O.CC(C)O.CCCCCCC(=[C-]C(=O)N(CC)CC)C=[C-]c1ccccc1.[Ti+2]. The number of allylic oxidation sites excluding steroid dienone is 2. The first kappa shape index (κ1) is 35.4. The van der Waals surface area contributed by atoms with Crippen molar-refractivity contribution in [1.29, 1.82) is 0 Å². The van der Waals surface area contributed by atoms with Crippen LogP contribution in [-0.4, -0.2) is 46.3 Å². The zero-order valence-electron chi connectivity index (χ0n) is 21.3. The van der Waals surface area contributed by atoms with Gasteiger partial charge in [-0.3, -0.25) is 16.4 Å². The van der Waals surface area contributed by atoms with Crippen molar-refractivity contribution in [1.82, 2.24) is 4.90 Å². The molecule has 1 rings (SSSR count). The molecule has 32 heavy (non-hydrogen) atoms. The molecule has 0 saturated carbocycles. The minimum atomic E-state index is -0.167. The molecule has 1 amide bonds. The number of unbranched alkanes of at least 4 members (excludes halogenated alkanes) is 3. The van der Waals surface area contributed by atoms with E-state index in [1.807, 2.05) is 50.3 Å². The van der Waals surface area contributed by atoms with E-state index < -0.39 is 0 Å². The van der Waals surface area contributed by atoms with Gasteiger partial charge in [0.25, 0.3) is 0 Å². The summed E-state index contributed by atoms with van der Waals surface area (Å²) in [5.74, 6) is -0.0217. The smallest absolute Gasteiger partial charge is 0.394 e. The second-order valence-electron chi connectivity index (χ2n) is 7.78. The van der Waals surface area contributed by atoms with Crippen LogP contribution >= 0.6 is 0 Å². The molecule has 5 heteroatoms. The molecule has 1 aromatic rings. The number of hydrogen-bond acceptors (Lipinski definition) is 3. The molecular formula is C27H45NO3Ti. The third kappa shape index (κ3) is 25.1. The molecule has 0 aliphatic heterocycles. The van der Waals surface area contributed by atoms with Crippen LogP contribution in [0.25, 0.3) is 0 Å². The van der Waals surface area contributed by atoms with Crippen LogP contribution in [0.4, 0.5) is 0 Å². The zero-order valence-corrected chi connectivity index (χ0v) is 22.9. The zero-order chi connectivity index (χ0) is 24.1. The van der Waals surface area contributed by atoms with Crippen molar-refractivity contribution in [3.63, 3.8) is 0 Å². The summed E-state index contributed by atoms with van der Waals surface area (Å²) in [6.45, 7) is 14.5. The van der Waals surface area contributed by atoms with E-state index in [4.69, 9.17) is 10.2 Å². The first-order valence-corrected chi connectivity index (χ1v) is 11.6. The summed E-state index contributed by atoms with van der Waals surface area (Å²) in [5, 5.41) is 16.1. The first-order valence-electron chi connectivity index (χ1n) is 11.6. The van der Waals surface area contributed by atoms with Gasteiger partial charge in [0, 0.05) is 25.3 Å². The van der Waals surface area contributed by atoms with Gasteiger partial charge in [-0.25, -0.2) is 12.2 Å². The number of aliphatic hydroxyl groups is 2. The normalized spacial score (nSPS) is 10.8. The van der Waals surface area contributed by atoms with Crippen molar-refractivity contribution in [3.8, 4) is 0 Å². The number of hydrogen-bond donors (Lipinski definition) is 2.